The van der Waals surface area contributed by atoms with Gasteiger partial charge >= 0.3 is 12.1 Å². The summed E-state index contributed by atoms with van der Waals surface area (Å²) in [6, 6.07) is 0.895. The Morgan fingerprint density at radius 3 is 2.34 bits per heavy atom. The van der Waals surface area contributed by atoms with Gasteiger partial charge in [0.1, 0.15) is 19.0 Å². The maximum absolute atomic E-state index is 13.2. The van der Waals surface area contributed by atoms with Crippen LogP contribution in [-0.4, -0.2) is 67.7 Å². The lowest BCUT2D eigenvalue weighted by Gasteiger charge is -2.45. The summed E-state index contributed by atoms with van der Waals surface area (Å²) in [4.78, 5) is 36.4. The summed E-state index contributed by atoms with van der Waals surface area (Å²) in [5, 5.41) is 2.89. The smallest absolute Gasteiger partial charge is 0.407 e. The summed E-state index contributed by atoms with van der Waals surface area (Å²) in [6.07, 6.45) is 3.89. The molecule has 35 heavy (non-hydrogen) atoms. The summed E-state index contributed by atoms with van der Waals surface area (Å²) in [5.41, 5.74) is -0.635. The molecule has 0 saturated heterocycles. The lowest BCUT2D eigenvalue weighted by atomic mass is 9.60. The molecule has 0 aromatic heterocycles. The van der Waals surface area contributed by atoms with Crippen LogP contribution in [0.3, 0.4) is 0 Å². The van der Waals surface area contributed by atoms with E-state index in [1.165, 1.54) is 0 Å². The molecule has 2 unspecified atom stereocenters. The zero-order valence-corrected chi connectivity index (χ0v) is 25.0. The second-order valence-corrected chi connectivity index (χ2v) is 18.5. The first kappa shape index (κ1) is 31.5. The van der Waals surface area contributed by atoms with Crippen molar-refractivity contribution in [2.24, 2.45) is 10.8 Å². The van der Waals surface area contributed by atoms with Crippen molar-refractivity contribution in [2.75, 3.05) is 26.4 Å². The molecule has 0 bridgehead atoms. The molecule has 0 spiro atoms. The van der Waals surface area contributed by atoms with E-state index in [0.29, 0.717) is 26.1 Å². The largest absolute Gasteiger partial charge is 0.459 e. The van der Waals surface area contributed by atoms with Crippen LogP contribution in [0.5, 0.6) is 0 Å². The molecule has 1 aliphatic carbocycles. The van der Waals surface area contributed by atoms with Crippen molar-refractivity contribution in [3.8, 4) is 0 Å². The van der Waals surface area contributed by atoms with Crippen LogP contribution in [-0.2, 0) is 27.9 Å². The van der Waals surface area contributed by atoms with Crippen molar-refractivity contribution in [1.29, 1.82) is 0 Å². The van der Waals surface area contributed by atoms with Gasteiger partial charge in [-0.2, -0.15) is 0 Å². The molecule has 0 heterocycles. The van der Waals surface area contributed by atoms with Crippen LogP contribution >= 0.6 is 0 Å². The Balaban J connectivity index is 2.46. The van der Waals surface area contributed by atoms with Crippen LogP contribution in [0.4, 0.5) is 4.79 Å². The summed E-state index contributed by atoms with van der Waals surface area (Å²) in [6.45, 7) is 19.5. The number of ketones is 1. The predicted molar refractivity (Wildman–Crippen MR) is 142 cm³/mol. The molecule has 0 aromatic carbocycles. The second-order valence-electron chi connectivity index (χ2n) is 11.5. The lowest BCUT2D eigenvalue weighted by Crippen LogP contribution is -2.49. The molecule has 1 amide bonds. The minimum absolute atomic E-state index is 0.0310. The second kappa shape index (κ2) is 14.3. The molecule has 10 heteroatoms. The molecule has 1 rings (SSSR count). The van der Waals surface area contributed by atoms with Gasteiger partial charge in [0.25, 0.3) is 0 Å². The van der Waals surface area contributed by atoms with E-state index in [1.807, 2.05) is 6.92 Å². The van der Waals surface area contributed by atoms with E-state index in [9.17, 15) is 14.4 Å². The molecule has 1 saturated carbocycles. The number of nitrogens with one attached hydrogen (secondary N) is 1. The molecule has 202 valence electrons. The molecule has 1 N–H and O–H groups in total. The summed E-state index contributed by atoms with van der Waals surface area (Å²) >= 11 is 0. The third-order valence-electron chi connectivity index (χ3n) is 6.18. The van der Waals surface area contributed by atoms with Gasteiger partial charge in [0.2, 0.25) is 0 Å². The number of carbonyl (C=O) groups is 3. The molecule has 8 nitrogen and oxygen atoms in total. The maximum Gasteiger partial charge on any atom is 0.407 e. The van der Waals surface area contributed by atoms with E-state index >= 15 is 0 Å². The quantitative estimate of drug-likeness (QED) is 0.143. The number of ether oxygens (including phenoxy) is 3. The number of carbonyl (C=O) groups excluding carboxylic acids is 3. The van der Waals surface area contributed by atoms with Crippen molar-refractivity contribution in [3.05, 3.63) is 12.7 Å². The molecule has 0 aromatic rings. The zero-order valence-electron chi connectivity index (χ0n) is 22.9. The zero-order chi connectivity index (χ0) is 26.7. The Bertz CT molecular complexity index is 727. The molecule has 0 aliphatic heterocycles. The molecule has 1 aliphatic rings. The summed E-state index contributed by atoms with van der Waals surface area (Å²) in [7, 11) is -2.61. The van der Waals surface area contributed by atoms with Gasteiger partial charge in [0, 0.05) is 30.6 Å². The van der Waals surface area contributed by atoms with Crippen molar-refractivity contribution in [1.82, 2.24) is 5.32 Å². The van der Waals surface area contributed by atoms with E-state index in [0.717, 1.165) is 31.4 Å². The fourth-order valence-corrected chi connectivity index (χ4v) is 11.8. The number of hydrogen-bond donors (Lipinski definition) is 1. The Labute approximate surface area is 214 Å². The fraction of sp³-hybridized carbons (Fsp3) is 0.800. The van der Waals surface area contributed by atoms with Crippen molar-refractivity contribution in [3.63, 3.8) is 0 Å². The first-order valence-electron chi connectivity index (χ1n) is 12.7. The number of rotatable bonds is 15. The minimum atomic E-state index is -1.60. The molecule has 1 fully saturated rings. The van der Waals surface area contributed by atoms with Gasteiger partial charge in [-0.25, -0.2) is 9.59 Å². The maximum atomic E-state index is 13.2. The van der Waals surface area contributed by atoms with E-state index in [1.54, 1.807) is 0 Å². The number of amides is 1. The first-order valence-corrected chi connectivity index (χ1v) is 18.6. The Morgan fingerprint density at radius 2 is 1.71 bits per heavy atom. The Hall–Kier alpha value is -1.50. The Kier molecular flexibility index (Phi) is 12.9. The standard InChI is InChI=1S/C25H47NO7Si2/c1-9-22(28)31-14-15-32-23(29)26-20-17-24(2,3)19-25(4,18-20)21(27)11-13-30-12-10-16-35(7,8)33-34(5)6/h9,20,34H,1,10-19H2,2-8H3,(H,26,29). The van der Waals surface area contributed by atoms with Crippen LogP contribution < -0.4 is 5.32 Å². The van der Waals surface area contributed by atoms with Crippen LogP contribution in [0.15, 0.2) is 12.7 Å². The van der Waals surface area contributed by atoms with Crippen LogP contribution in [0.1, 0.15) is 52.9 Å². The normalized spacial score (nSPS) is 21.9. The average Bonchev–Trinajstić information content (AvgIpc) is 2.70. The number of alkyl carbamates (subject to hydrolysis) is 1. The molecule has 2 atom stereocenters. The third-order valence-corrected chi connectivity index (χ3v) is 12.2. The monoisotopic (exact) mass is 529 g/mol. The van der Waals surface area contributed by atoms with Gasteiger partial charge in [-0.05, 0) is 63.3 Å². The highest BCUT2D eigenvalue weighted by atomic mass is 28.4. The minimum Gasteiger partial charge on any atom is -0.459 e. The molecule has 0 radical (unpaired) electrons. The van der Waals surface area contributed by atoms with Crippen molar-refractivity contribution >= 4 is 35.2 Å². The topological polar surface area (TPSA) is 100 Å². The Morgan fingerprint density at radius 1 is 1.06 bits per heavy atom. The van der Waals surface area contributed by atoms with Crippen LogP contribution in [0.25, 0.3) is 0 Å². The van der Waals surface area contributed by atoms with Gasteiger partial charge in [-0.15, -0.1) is 0 Å². The highest BCUT2D eigenvalue weighted by molar-refractivity contribution is 6.77. The van der Waals surface area contributed by atoms with Gasteiger partial charge in [0.05, 0.1) is 6.61 Å². The first-order chi connectivity index (χ1) is 16.2. The van der Waals surface area contributed by atoms with Crippen LogP contribution in [0, 0.1) is 10.8 Å². The predicted octanol–water partition coefficient (Wildman–Crippen LogP) is 4.60. The SMILES string of the molecule is C=CC(=O)OCCOC(=O)NC1CC(C)(C)CC(C)(C(=O)CCOCCC[Si](C)(C)O[SiH](C)C)C1. The van der Waals surface area contributed by atoms with Crippen molar-refractivity contribution < 1.29 is 32.7 Å². The van der Waals surface area contributed by atoms with Gasteiger partial charge in [0.15, 0.2) is 17.4 Å². The van der Waals surface area contributed by atoms with Crippen molar-refractivity contribution in [2.45, 2.75) is 91.1 Å². The highest BCUT2D eigenvalue weighted by Crippen LogP contribution is 2.47. The number of Topliss-reactive ketones (excluding diaryl/α,β-unsaturated/α-hetero) is 1. The summed E-state index contributed by atoms with van der Waals surface area (Å²) < 4.78 is 21.9. The lowest BCUT2D eigenvalue weighted by molar-refractivity contribution is -0.138. The molecular formula is C25H47NO7Si2. The van der Waals surface area contributed by atoms with E-state index < -0.39 is 34.8 Å². The van der Waals surface area contributed by atoms with Gasteiger partial charge < -0.3 is 23.6 Å². The average molecular weight is 530 g/mol. The fourth-order valence-electron chi connectivity index (χ4n) is 5.21. The number of hydrogen-bond acceptors (Lipinski definition) is 7. The molecular weight excluding hydrogens is 482 g/mol. The van der Waals surface area contributed by atoms with Crippen LogP contribution in [0.2, 0.25) is 32.2 Å². The number of esters is 1. The van der Waals surface area contributed by atoms with E-state index in [2.05, 4.69) is 51.9 Å². The summed E-state index contributed by atoms with van der Waals surface area (Å²) in [5.74, 6) is -0.390. The highest BCUT2D eigenvalue weighted by Gasteiger charge is 2.45. The van der Waals surface area contributed by atoms with Gasteiger partial charge in [-0.1, -0.05) is 27.4 Å². The van der Waals surface area contributed by atoms with E-state index in [4.69, 9.17) is 18.3 Å². The van der Waals surface area contributed by atoms with E-state index in [-0.39, 0.29) is 30.5 Å². The third kappa shape index (κ3) is 12.9. The van der Waals surface area contributed by atoms with Gasteiger partial charge in [-0.3, -0.25) is 4.79 Å².